The normalized spacial score (nSPS) is 12.2. The number of para-hydroxylation sites is 1. The van der Waals surface area contributed by atoms with Gasteiger partial charge in [-0.05, 0) is 33.8 Å². The first-order chi connectivity index (χ1) is 14.7. The number of nitrogens with zero attached hydrogens (tertiary/aromatic N) is 2. The van der Waals surface area contributed by atoms with Gasteiger partial charge >= 0.3 is 7.48 Å². The smallest absolute Gasteiger partial charge is 0.309 e. The molecule has 0 aliphatic carbocycles. The lowest BCUT2D eigenvalue weighted by atomic mass is 9.82. The summed E-state index contributed by atoms with van der Waals surface area (Å²) in [6.07, 6.45) is 0. The molecule has 5 heteroatoms. The van der Waals surface area contributed by atoms with Crippen LogP contribution in [-0.4, -0.2) is 33.8 Å². The van der Waals surface area contributed by atoms with Crippen molar-refractivity contribution >= 4 is 23.8 Å². The maximum absolute atomic E-state index is 10.4. The predicted octanol–water partition coefficient (Wildman–Crippen LogP) is 4.51. The van der Waals surface area contributed by atoms with Crippen molar-refractivity contribution < 1.29 is 9.76 Å². The van der Waals surface area contributed by atoms with Crippen LogP contribution in [0.2, 0.25) is 0 Å². The van der Waals surface area contributed by atoms with Crippen molar-refractivity contribution in [3.63, 3.8) is 0 Å². The monoisotopic (exact) mass is 410 g/mol. The first kappa shape index (κ1) is 21.2. The molecule has 4 nitrogen and oxygen atoms in total. The van der Waals surface area contributed by atoms with E-state index in [1.54, 1.807) is 13.8 Å². The van der Waals surface area contributed by atoms with Crippen molar-refractivity contribution in [2.24, 2.45) is 0 Å². The number of hydrogen-bond acceptors (Lipinski definition) is 4. The number of aromatic nitrogens is 2. The summed E-state index contributed by atoms with van der Waals surface area (Å²) in [5.41, 5.74) is 3.22. The number of rotatable bonds is 6. The lowest BCUT2D eigenvalue weighted by Crippen LogP contribution is -2.49. The van der Waals surface area contributed by atoms with Crippen LogP contribution in [0, 0.1) is 0 Å². The van der Waals surface area contributed by atoms with Crippen LogP contribution in [0.15, 0.2) is 78.9 Å². The highest BCUT2D eigenvalue weighted by Crippen LogP contribution is 2.29. The molecule has 4 rings (SSSR count). The topological polar surface area (TPSA) is 55.2 Å². The minimum atomic E-state index is -0.948. The van der Waals surface area contributed by atoms with E-state index in [0.29, 0.717) is 13.3 Å². The van der Waals surface area contributed by atoms with Crippen molar-refractivity contribution in [3.8, 4) is 22.6 Å². The third-order valence-electron chi connectivity index (χ3n) is 5.91. The summed E-state index contributed by atoms with van der Waals surface area (Å²) in [5, 5.41) is 11.4. The molecule has 4 aromatic rings. The average molecular weight is 410 g/mol. The molecule has 0 radical (unpaired) electrons. The largest absolute Gasteiger partial charge is 0.427 e. The molecule has 0 saturated carbocycles. The fraction of sp³-hybridized carbons (Fsp3) is 0.231. The summed E-state index contributed by atoms with van der Waals surface area (Å²) < 4.78 is 6.04. The van der Waals surface area contributed by atoms with Crippen molar-refractivity contribution in [3.05, 3.63) is 78.9 Å². The second-order valence-corrected chi connectivity index (χ2v) is 8.84. The number of benzene rings is 3. The Kier molecular flexibility index (Phi) is 5.65. The summed E-state index contributed by atoms with van der Waals surface area (Å²) in [4.78, 5) is 9.77. The van der Waals surface area contributed by atoms with Crippen LogP contribution in [0.1, 0.15) is 27.7 Å². The minimum Gasteiger partial charge on any atom is -0.427 e. The Labute approximate surface area is 184 Å². The van der Waals surface area contributed by atoms with Gasteiger partial charge in [0, 0.05) is 16.5 Å². The van der Waals surface area contributed by atoms with Crippen LogP contribution in [-0.2, 0) is 4.65 Å². The first-order valence-electron chi connectivity index (χ1n) is 10.5. The van der Waals surface area contributed by atoms with Crippen LogP contribution in [0.3, 0.4) is 0 Å². The predicted molar refractivity (Wildman–Crippen MR) is 129 cm³/mol. The molecule has 0 unspecified atom stereocenters. The molecule has 1 N–H and O–H groups in total. The maximum atomic E-state index is 10.4. The Morgan fingerprint density at radius 2 is 1.45 bits per heavy atom. The molecular weight excluding hydrogens is 383 g/mol. The quantitative estimate of drug-likeness (QED) is 0.476. The summed E-state index contributed by atoms with van der Waals surface area (Å²) in [5.74, 6) is 0.682. The van der Waals surface area contributed by atoms with Gasteiger partial charge in [0.25, 0.3) is 0 Å². The minimum absolute atomic E-state index is 0.393. The van der Waals surface area contributed by atoms with E-state index >= 15 is 0 Å². The zero-order valence-electron chi connectivity index (χ0n) is 18.5. The fourth-order valence-electron chi connectivity index (χ4n) is 3.26. The molecule has 1 aromatic heterocycles. The Balaban J connectivity index is 1.72. The number of hydrogen-bond donors (Lipinski definition) is 1. The Morgan fingerprint density at radius 1 is 0.774 bits per heavy atom. The average Bonchev–Trinajstić information content (AvgIpc) is 2.77. The standard InChI is InChI=1S/C26H27BN2O2/c1-25(2,30)26(3,4)31-27-20-14-10-13-19(17-20)24-28-22-16-9-8-15-21(22)23(29-24)18-11-6-5-7-12-18/h5-17,27,30H,1-4H3. The SMILES string of the molecule is CC(C)(O)C(C)(C)OBc1cccc(-c2nc(-c3ccccc3)c3ccccc3n2)c1. The van der Waals surface area contributed by atoms with E-state index in [9.17, 15) is 5.11 Å². The molecule has 0 spiro atoms. The van der Waals surface area contributed by atoms with Crippen molar-refractivity contribution in [1.82, 2.24) is 9.97 Å². The highest BCUT2D eigenvalue weighted by Gasteiger charge is 2.35. The lowest BCUT2D eigenvalue weighted by Gasteiger charge is -2.37. The van der Waals surface area contributed by atoms with E-state index in [1.165, 1.54) is 0 Å². The zero-order valence-corrected chi connectivity index (χ0v) is 18.5. The fourth-order valence-corrected chi connectivity index (χ4v) is 3.26. The van der Waals surface area contributed by atoms with Crippen LogP contribution < -0.4 is 5.46 Å². The molecule has 3 aromatic carbocycles. The van der Waals surface area contributed by atoms with Gasteiger partial charge in [0.1, 0.15) is 0 Å². The molecule has 31 heavy (non-hydrogen) atoms. The molecule has 1 heterocycles. The van der Waals surface area contributed by atoms with Crippen LogP contribution >= 0.6 is 0 Å². The van der Waals surface area contributed by atoms with E-state index in [1.807, 2.05) is 68.4 Å². The van der Waals surface area contributed by atoms with E-state index in [4.69, 9.17) is 14.6 Å². The Hall–Kier alpha value is -3.02. The highest BCUT2D eigenvalue weighted by molar-refractivity contribution is 6.47. The number of fused-ring (bicyclic) bond motifs is 1. The van der Waals surface area contributed by atoms with Crippen LogP contribution in [0.5, 0.6) is 0 Å². The van der Waals surface area contributed by atoms with Gasteiger partial charge in [-0.25, -0.2) is 9.97 Å². The molecule has 0 aliphatic rings. The molecule has 0 fully saturated rings. The van der Waals surface area contributed by atoms with Gasteiger partial charge in [0.2, 0.25) is 0 Å². The van der Waals surface area contributed by atoms with Crippen molar-refractivity contribution in [2.45, 2.75) is 38.9 Å². The van der Waals surface area contributed by atoms with Gasteiger partial charge in [-0.1, -0.05) is 78.3 Å². The Bertz CT molecular complexity index is 1200. The first-order valence-corrected chi connectivity index (χ1v) is 10.5. The van der Waals surface area contributed by atoms with E-state index in [2.05, 4.69) is 24.3 Å². The summed E-state index contributed by atoms with van der Waals surface area (Å²) in [7, 11) is 0.393. The summed E-state index contributed by atoms with van der Waals surface area (Å²) in [6, 6.07) is 26.4. The van der Waals surface area contributed by atoms with Crippen LogP contribution in [0.25, 0.3) is 33.5 Å². The van der Waals surface area contributed by atoms with Gasteiger partial charge in [-0.15, -0.1) is 0 Å². The van der Waals surface area contributed by atoms with Crippen molar-refractivity contribution in [1.29, 1.82) is 0 Å². The van der Waals surface area contributed by atoms with Gasteiger partial charge in [0.15, 0.2) is 5.82 Å². The Morgan fingerprint density at radius 3 is 2.19 bits per heavy atom. The van der Waals surface area contributed by atoms with Gasteiger partial charge in [0.05, 0.1) is 22.4 Å². The second-order valence-electron chi connectivity index (χ2n) is 8.84. The third-order valence-corrected chi connectivity index (χ3v) is 5.91. The van der Waals surface area contributed by atoms with E-state index < -0.39 is 11.2 Å². The van der Waals surface area contributed by atoms with Crippen LogP contribution in [0.4, 0.5) is 0 Å². The molecular formula is C26H27BN2O2. The lowest BCUT2D eigenvalue weighted by molar-refractivity contribution is -0.0893. The highest BCUT2D eigenvalue weighted by atomic mass is 16.5. The summed E-state index contributed by atoms with van der Waals surface area (Å²) in [6.45, 7) is 7.32. The molecule has 0 saturated heterocycles. The van der Waals surface area contributed by atoms with E-state index in [0.717, 1.165) is 33.2 Å². The number of aliphatic hydroxyl groups is 1. The molecule has 0 bridgehead atoms. The molecule has 0 atom stereocenters. The van der Waals surface area contributed by atoms with Crippen molar-refractivity contribution in [2.75, 3.05) is 0 Å². The maximum Gasteiger partial charge on any atom is 0.309 e. The zero-order chi connectivity index (χ0) is 22.1. The molecule has 0 amide bonds. The van der Waals surface area contributed by atoms with E-state index in [-0.39, 0.29) is 0 Å². The second kappa shape index (κ2) is 8.25. The van der Waals surface area contributed by atoms with Gasteiger partial charge in [-0.3, -0.25) is 0 Å². The van der Waals surface area contributed by atoms with Gasteiger partial charge in [-0.2, -0.15) is 0 Å². The van der Waals surface area contributed by atoms with Gasteiger partial charge < -0.3 is 9.76 Å². The summed E-state index contributed by atoms with van der Waals surface area (Å²) >= 11 is 0. The third kappa shape index (κ3) is 4.53. The molecule has 0 aliphatic heterocycles. The molecule has 156 valence electrons.